The topological polar surface area (TPSA) is 97.0 Å². The van der Waals surface area contributed by atoms with E-state index in [1.165, 1.54) is 0 Å². The molecule has 3 heterocycles. The molecule has 8 heteroatoms. The molecule has 1 amide bonds. The lowest BCUT2D eigenvalue weighted by atomic mass is 10.1. The van der Waals surface area contributed by atoms with Crippen LogP contribution in [0.4, 0.5) is 0 Å². The van der Waals surface area contributed by atoms with E-state index in [1.54, 1.807) is 34.6 Å². The van der Waals surface area contributed by atoms with Crippen molar-refractivity contribution in [2.24, 2.45) is 0 Å². The largest absolute Gasteiger partial charge is 0.481 e. The quantitative estimate of drug-likeness (QED) is 0.879. The number of carbonyl (C=O) groups excluding carboxylic acids is 1. The second kappa shape index (κ2) is 5.72. The fourth-order valence-corrected chi connectivity index (χ4v) is 2.59. The van der Waals surface area contributed by atoms with Crippen LogP contribution in [0.15, 0.2) is 18.3 Å². The summed E-state index contributed by atoms with van der Waals surface area (Å²) in [5.74, 6) is -0.461. The Morgan fingerprint density at radius 2 is 2.23 bits per heavy atom. The normalized spacial score (nSPS) is 18.6. The first-order chi connectivity index (χ1) is 10.6. The molecular weight excluding hydrogens is 288 g/mol. The van der Waals surface area contributed by atoms with Gasteiger partial charge in [0.25, 0.3) is 5.91 Å². The minimum atomic E-state index is -0.946. The molecule has 1 aliphatic heterocycles. The third-order valence-corrected chi connectivity index (χ3v) is 3.72. The van der Waals surface area contributed by atoms with Gasteiger partial charge in [-0.05, 0) is 19.1 Å². The van der Waals surface area contributed by atoms with Crippen LogP contribution in [0.25, 0.3) is 5.65 Å². The van der Waals surface area contributed by atoms with Crippen molar-refractivity contribution in [1.29, 1.82) is 0 Å². The first-order valence-corrected chi connectivity index (χ1v) is 6.98. The van der Waals surface area contributed by atoms with Crippen molar-refractivity contribution in [3.63, 3.8) is 0 Å². The van der Waals surface area contributed by atoms with Crippen molar-refractivity contribution < 1.29 is 19.4 Å². The smallest absolute Gasteiger partial charge is 0.305 e. The highest BCUT2D eigenvalue weighted by Gasteiger charge is 2.30. The number of carboxylic acid groups (broad SMARTS) is 1. The molecule has 2 aromatic heterocycles. The van der Waals surface area contributed by atoms with E-state index in [9.17, 15) is 9.59 Å². The van der Waals surface area contributed by atoms with Crippen molar-refractivity contribution in [2.45, 2.75) is 19.4 Å². The molecular formula is C14H16N4O4. The molecule has 3 rings (SSSR count). The molecule has 8 nitrogen and oxygen atoms in total. The molecule has 1 fully saturated rings. The summed E-state index contributed by atoms with van der Waals surface area (Å²) in [4.78, 5) is 25.2. The maximum Gasteiger partial charge on any atom is 0.305 e. The van der Waals surface area contributed by atoms with Gasteiger partial charge in [-0.2, -0.15) is 0 Å². The van der Waals surface area contributed by atoms with Gasteiger partial charge in [0.1, 0.15) is 5.82 Å². The molecule has 0 bridgehead atoms. The Morgan fingerprint density at radius 3 is 3.00 bits per heavy atom. The van der Waals surface area contributed by atoms with E-state index < -0.39 is 12.0 Å². The standard InChI is InChI=1S/C14H16N4O4/c1-9-15-16-12-3-2-10(7-18(9)12)14(21)17-4-5-22-8-11(17)6-13(19)20/h2-3,7,11H,4-6,8H2,1H3,(H,19,20). The number of aliphatic carboxylic acids is 1. The Labute approximate surface area is 126 Å². The maximum atomic E-state index is 12.7. The molecule has 2 aromatic rings. The fraction of sp³-hybridized carbons (Fsp3) is 0.429. The maximum absolute atomic E-state index is 12.7. The summed E-state index contributed by atoms with van der Waals surface area (Å²) in [6.45, 7) is 2.84. The van der Waals surface area contributed by atoms with E-state index in [4.69, 9.17) is 9.84 Å². The molecule has 0 saturated carbocycles. The van der Waals surface area contributed by atoms with Crippen LogP contribution in [-0.4, -0.2) is 62.3 Å². The van der Waals surface area contributed by atoms with Crippen LogP contribution in [-0.2, 0) is 9.53 Å². The summed E-state index contributed by atoms with van der Waals surface area (Å²) in [7, 11) is 0. The van der Waals surface area contributed by atoms with Gasteiger partial charge >= 0.3 is 5.97 Å². The number of carboxylic acids is 1. The second-order valence-electron chi connectivity index (χ2n) is 5.22. The van der Waals surface area contributed by atoms with E-state index in [1.807, 2.05) is 0 Å². The number of ether oxygens (including phenoxy) is 1. The summed E-state index contributed by atoms with van der Waals surface area (Å²) in [5.41, 5.74) is 1.14. The zero-order valence-electron chi connectivity index (χ0n) is 12.1. The Balaban J connectivity index is 1.89. The predicted octanol–water partition coefficient (Wildman–Crippen LogP) is 0.353. The summed E-state index contributed by atoms with van der Waals surface area (Å²) in [6, 6.07) is 2.95. The first-order valence-electron chi connectivity index (χ1n) is 6.98. The summed E-state index contributed by atoms with van der Waals surface area (Å²) < 4.78 is 7.03. The minimum Gasteiger partial charge on any atom is -0.481 e. The number of nitrogens with zero attached hydrogens (tertiary/aromatic N) is 4. The van der Waals surface area contributed by atoms with Gasteiger partial charge in [0.05, 0.1) is 31.2 Å². The minimum absolute atomic E-state index is 0.125. The number of hydrogen-bond donors (Lipinski definition) is 1. The lowest BCUT2D eigenvalue weighted by molar-refractivity contribution is -0.139. The molecule has 1 atom stereocenters. The Kier molecular flexibility index (Phi) is 3.76. The Bertz CT molecular complexity index is 727. The average molecular weight is 304 g/mol. The van der Waals surface area contributed by atoms with Crippen molar-refractivity contribution >= 4 is 17.5 Å². The third kappa shape index (κ3) is 2.64. The molecule has 0 aliphatic carbocycles. The van der Waals surface area contributed by atoms with Crippen molar-refractivity contribution in [3.8, 4) is 0 Å². The number of pyridine rings is 1. The van der Waals surface area contributed by atoms with Gasteiger partial charge in [-0.15, -0.1) is 10.2 Å². The van der Waals surface area contributed by atoms with Crippen LogP contribution >= 0.6 is 0 Å². The van der Waals surface area contributed by atoms with Crippen LogP contribution in [0.1, 0.15) is 22.6 Å². The van der Waals surface area contributed by atoms with Crippen LogP contribution in [0.5, 0.6) is 0 Å². The zero-order chi connectivity index (χ0) is 15.7. The van der Waals surface area contributed by atoms with E-state index in [0.717, 1.165) is 0 Å². The van der Waals surface area contributed by atoms with E-state index >= 15 is 0 Å². The Hall–Kier alpha value is -2.48. The van der Waals surface area contributed by atoms with Crippen molar-refractivity contribution in [3.05, 3.63) is 29.7 Å². The Morgan fingerprint density at radius 1 is 1.41 bits per heavy atom. The fourth-order valence-electron chi connectivity index (χ4n) is 2.59. The first kappa shape index (κ1) is 14.5. The monoisotopic (exact) mass is 304 g/mol. The molecule has 1 saturated heterocycles. The van der Waals surface area contributed by atoms with Gasteiger partial charge < -0.3 is 14.7 Å². The molecule has 0 spiro atoms. The van der Waals surface area contributed by atoms with Crippen molar-refractivity contribution in [2.75, 3.05) is 19.8 Å². The van der Waals surface area contributed by atoms with Crippen molar-refractivity contribution in [1.82, 2.24) is 19.5 Å². The van der Waals surface area contributed by atoms with Crippen LogP contribution in [0.2, 0.25) is 0 Å². The summed E-state index contributed by atoms with van der Waals surface area (Å²) >= 11 is 0. The molecule has 116 valence electrons. The SMILES string of the molecule is Cc1nnc2ccc(C(=O)N3CCOCC3CC(=O)O)cn12. The molecule has 0 aromatic carbocycles. The molecule has 1 aliphatic rings. The lowest BCUT2D eigenvalue weighted by Crippen LogP contribution is -2.49. The number of fused-ring (bicyclic) bond motifs is 1. The van der Waals surface area contributed by atoms with Gasteiger partial charge in [0, 0.05) is 12.7 Å². The van der Waals surface area contributed by atoms with Gasteiger partial charge in [0.15, 0.2) is 5.65 Å². The number of morpholine rings is 1. The number of amides is 1. The molecule has 22 heavy (non-hydrogen) atoms. The van der Waals surface area contributed by atoms with Gasteiger partial charge in [0.2, 0.25) is 0 Å². The van der Waals surface area contributed by atoms with Gasteiger partial charge in [-0.3, -0.25) is 14.0 Å². The number of aromatic nitrogens is 3. The zero-order valence-corrected chi connectivity index (χ0v) is 12.1. The molecule has 1 N–H and O–H groups in total. The number of aryl methyl sites for hydroxylation is 1. The summed E-state index contributed by atoms with van der Waals surface area (Å²) in [5, 5.41) is 16.9. The van der Waals surface area contributed by atoms with Gasteiger partial charge in [-0.25, -0.2) is 0 Å². The highest BCUT2D eigenvalue weighted by Crippen LogP contribution is 2.16. The van der Waals surface area contributed by atoms with E-state index in [2.05, 4.69) is 10.2 Å². The number of rotatable bonds is 3. The van der Waals surface area contributed by atoms with Crippen LogP contribution in [0, 0.1) is 6.92 Å². The second-order valence-corrected chi connectivity index (χ2v) is 5.22. The van der Waals surface area contributed by atoms with Gasteiger partial charge in [-0.1, -0.05) is 0 Å². The molecule has 1 unspecified atom stereocenters. The summed E-state index contributed by atoms with van der Waals surface area (Å²) in [6.07, 6.45) is 1.56. The number of carbonyl (C=O) groups is 2. The van der Waals surface area contributed by atoms with Crippen LogP contribution < -0.4 is 0 Å². The van der Waals surface area contributed by atoms with E-state index in [0.29, 0.717) is 30.2 Å². The van der Waals surface area contributed by atoms with Crippen LogP contribution in [0.3, 0.4) is 0 Å². The third-order valence-electron chi connectivity index (χ3n) is 3.72. The highest BCUT2D eigenvalue weighted by molar-refractivity contribution is 5.94. The van der Waals surface area contributed by atoms with E-state index in [-0.39, 0.29) is 18.9 Å². The molecule has 0 radical (unpaired) electrons. The number of hydrogen-bond acceptors (Lipinski definition) is 5. The highest BCUT2D eigenvalue weighted by atomic mass is 16.5. The lowest BCUT2D eigenvalue weighted by Gasteiger charge is -2.34. The average Bonchev–Trinajstić information content (AvgIpc) is 2.87. The predicted molar refractivity (Wildman–Crippen MR) is 75.6 cm³/mol.